The molecule has 27 heavy (non-hydrogen) atoms. The first-order valence-corrected chi connectivity index (χ1v) is 10.5. The van der Waals surface area contributed by atoms with E-state index in [0.29, 0.717) is 5.13 Å². The van der Waals surface area contributed by atoms with E-state index in [1.54, 1.807) is 12.1 Å². The summed E-state index contributed by atoms with van der Waals surface area (Å²) in [4.78, 5) is 29.7. The van der Waals surface area contributed by atoms with Crippen molar-refractivity contribution in [2.75, 3.05) is 29.9 Å². The number of thiazole rings is 1. The topological polar surface area (TPSA) is 88.4 Å². The fraction of sp³-hybridized carbons (Fsp3) is 0.333. The summed E-state index contributed by atoms with van der Waals surface area (Å²) in [6, 6.07) is 6.38. The number of non-ortho nitro benzene ring substituents is 1. The lowest BCUT2D eigenvalue weighted by molar-refractivity contribution is -0.384. The molecule has 1 aliphatic heterocycles. The quantitative estimate of drug-likeness (QED) is 0.583. The molecule has 1 N–H and O–H groups in total. The van der Waals surface area contributed by atoms with Crippen molar-refractivity contribution in [1.29, 1.82) is 0 Å². The number of nitrogens with one attached hydrogen (secondary N) is 1. The van der Waals surface area contributed by atoms with Crippen LogP contribution in [0.5, 0.6) is 0 Å². The van der Waals surface area contributed by atoms with Crippen molar-refractivity contribution in [1.82, 2.24) is 9.88 Å². The predicted octanol–water partition coefficient (Wildman–Crippen LogP) is 3.73. The molecule has 0 atom stereocenters. The molecule has 1 aliphatic rings. The zero-order valence-electron chi connectivity index (χ0n) is 14.9. The molecule has 0 radical (unpaired) electrons. The molecule has 0 aliphatic carbocycles. The van der Waals surface area contributed by atoms with E-state index in [9.17, 15) is 14.9 Å². The van der Waals surface area contributed by atoms with Gasteiger partial charge in [0.25, 0.3) is 5.69 Å². The molecule has 9 heteroatoms. The van der Waals surface area contributed by atoms with Gasteiger partial charge in [-0.2, -0.15) is 11.8 Å². The van der Waals surface area contributed by atoms with Crippen LogP contribution in [0.25, 0.3) is 12.2 Å². The van der Waals surface area contributed by atoms with Crippen LogP contribution in [0.15, 0.2) is 24.3 Å². The number of rotatable bonds is 6. The second kappa shape index (κ2) is 9.12. The molecular weight excluding hydrogens is 384 g/mol. The molecule has 142 valence electrons. The Kier molecular flexibility index (Phi) is 6.59. The minimum absolute atomic E-state index is 0.0670. The maximum Gasteiger partial charge on any atom is 0.269 e. The van der Waals surface area contributed by atoms with E-state index in [-0.39, 0.29) is 11.6 Å². The fourth-order valence-electron chi connectivity index (χ4n) is 2.66. The predicted molar refractivity (Wildman–Crippen MR) is 111 cm³/mol. The first-order valence-electron chi connectivity index (χ1n) is 8.51. The zero-order valence-corrected chi connectivity index (χ0v) is 16.5. The summed E-state index contributed by atoms with van der Waals surface area (Å²) in [7, 11) is 0. The van der Waals surface area contributed by atoms with Crippen LogP contribution in [0, 0.1) is 10.1 Å². The van der Waals surface area contributed by atoms with Crippen LogP contribution in [0.4, 0.5) is 10.8 Å². The third-order valence-corrected chi connectivity index (χ3v) is 5.93. The maximum atomic E-state index is 11.4. The van der Waals surface area contributed by atoms with Crippen LogP contribution in [-0.4, -0.2) is 45.3 Å². The van der Waals surface area contributed by atoms with Gasteiger partial charge < -0.3 is 5.32 Å². The Bertz CT molecular complexity index is 843. The number of carbonyl (C=O) groups is 1. The number of anilines is 1. The molecule has 1 aromatic carbocycles. The lowest BCUT2D eigenvalue weighted by Gasteiger charge is -2.25. The van der Waals surface area contributed by atoms with Gasteiger partial charge in [-0.25, -0.2) is 4.98 Å². The van der Waals surface area contributed by atoms with Crippen LogP contribution in [0.2, 0.25) is 0 Å². The molecule has 2 aromatic rings. The smallest absolute Gasteiger partial charge is 0.269 e. The van der Waals surface area contributed by atoms with Crippen molar-refractivity contribution in [3.63, 3.8) is 0 Å². The molecule has 7 nitrogen and oxygen atoms in total. The molecule has 0 unspecified atom stereocenters. The summed E-state index contributed by atoms with van der Waals surface area (Å²) in [6.45, 7) is 4.36. The Morgan fingerprint density at radius 3 is 2.63 bits per heavy atom. The number of hydrogen-bond acceptors (Lipinski definition) is 7. The molecule has 0 spiro atoms. The van der Waals surface area contributed by atoms with E-state index in [4.69, 9.17) is 0 Å². The van der Waals surface area contributed by atoms with Crippen molar-refractivity contribution in [3.8, 4) is 0 Å². The van der Waals surface area contributed by atoms with Crippen molar-refractivity contribution in [3.05, 3.63) is 50.5 Å². The van der Waals surface area contributed by atoms with Gasteiger partial charge in [0.15, 0.2) is 5.13 Å². The SMILES string of the molecule is CC(=O)Nc1nc(/C=C\c2ccc([N+](=O)[O-])cc2)c(CN2CCSCC2)s1. The number of hydrogen-bond donors (Lipinski definition) is 1. The third-order valence-electron chi connectivity index (χ3n) is 4.02. The molecule has 1 fully saturated rings. The van der Waals surface area contributed by atoms with Crippen molar-refractivity contribution < 1.29 is 9.72 Å². The van der Waals surface area contributed by atoms with Crippen molar-refractivity contribution in [2.45, 2.75) is 13.5 Å². The van der Waals surface area contributed by atoms with Crippen LogP contribution in [0.1, 0.15) is 23.1 Å². The lowest BCUT2D eigenvalue weighted by Crippen LogP contribution is -2.31. The Labute approximate surface area is 165 Å². The van der Waals surface area contributed by atoms with Gasteiger partial charge in [-0.1, -0.05) is 17.4 Å². The van der Waals surface area contributed by atoms with E-state index in [0.717, 1.165) is 47.3 Å². The highest BCUT2D eigenvalue weighted by Gasteiger charge is 2.16. The van der Waals surface area contributed by atoms with Gasteiger partial charge in [0.05, 0.1) is 10.6 Å². The summed E-state index contributed by atoms with van der Waals surface area (Å²) in [5.74, 6) is 2.12. The minimum atomic E-state index is -0.414. The molecule has 2 heterocycles. The summed E-state index contributed by atoms with van der Waals surface area (Å²) >= 11 is 3.46. The number of aromatic nitrogens is 1. The van der Waals surface area contributed by atoms with Gasteiger partial charge in [-0.3, -0.25) is 19.8 Å². The molecule has 0 saturated carbocycles. The van der Waals surface area contributed by atoms with Gasteiger partial charge in [0, 0.05) is 55.1 Å². The summed E-state index contributed by atoms with van der Waals surface area (Å²) in [6.07, 6.45) is 3.78. The highest BCUT2D eigenvalue weighted by molar-refractivity contribution is 7.99. The van der Waals surface area contributed by atoms with Crippen LogP contribution < -0.4 is 5.32 Å². The average Bonchev–Trinajstić information content (AvgIpc) is 3.01. The monoisotopic (exact) mass is 404 g/mol. The van der Waals surface area contributed by atoms with E-state index < -0.39 is 4.92 Å². The maximum absolute atomic E-state index is 11.4. The van der Waals surface area contributed by atoms with Gasteiger partial charge in [-0.05, 0) is 23.8 Å². The molecule has 0 bridgehead atoms. The van der Waals surface area contributed by atoms with Crippen LogP contribution in [-0.2, 0) is 11.3 Å². The van der Waals surface area contributed by atoms with Crippen LogP contribution >= 0.6 is 23.1 Å². The standard InChI is InChI=1S/C18H20N4O3S2/c1-13(23)19-18-20-16(17(27-18)12-21-8-10-26-11-9-21)7-4-14-2-5-15(6-3-14)22(24)25/h2-7H,8-12H2,1H3,(H,19,20,23)/b7-4-. The van der Waals surface area contributed by atoms with E-state index in [1.165, 1.54) is 30.4 Å². The number of thioether (sulfide) groups is 1. The molecule has 3 rings (SSSR count). The van der Waals surface area contributed by atoms with Crippen molar-refractivity contribution >= 4 is 52.0 Å². The Hall–Kier alpha value is -2.23. The Morgan fingerprint density at radius 2 is 2.00 bits per heavy atom. The first-order chi connectivity index (χ1) is 13.0. The third kappa shape index (κ3) is 5.62. The average molecular weight is 405 g/mol. The first kappa shape index (κ1) is 19.5. The summed E-state index contributed by atoms with van der Waals surface area (Å²) < 4.78 is 0. The Morgan fingerprint density at radius 1 is 1.30 bits per heavy atom. The number of carbonyl (C=O) groups excluding carboxylic acids is 1. The van der Waals surface area contributed by atoms with Gasteiger partial charge in [-0.15, -0.1) is 0 Å². The summed E-state index contributed by atoms with van der Waals surface area (Å²) in [5, 5.41) is 14.1. The number of amides is 1. The zero-order chi connectivity index (χ0) is 19.2. The number of benzene rings is 1. The van der Waals surface area contributed by atoms with Crippen molar-refractivity contribution in [2.24, 2.45) is 0 Å². The normalized spacial score (nSPS) is 15.1. The lowest BCUT2D eigenvalue weighted by atomic mass is 10.2. The number of nitro benzene ring substituents is 1. The Balaban J connectivity index is 1.79. The fourth-order valence-corrected chi connectivity index (χ4v) is 4.67. The highest BCUT2D eigenvalue weighted by Crippen LogP contribution is 2.27. The minimum Gasteiger partial charge on any atom is -0.302 e. The number of nitro groups is 1. The largest absolute Gasteiger partial charge is 0.302 e. The molecule has 1 amide bonds. The van der Waals surface area contributed by atoms with Gasteiger partial charge in [0.2, 0.25) is 5.91 Å². The molecule has 1 aromatic heterocycles. The highest BCUT2D eigenvalue weighted by atomic mass is 32.2. The molecular formula is C18H20N4O3S2. The second-order valence-corrected chi connectivity index (χ2v) is 8.39. The van der Waals surface area contributed by atoms with E-state index >= 15 is 0 Å². The molecule has 1 saturated heterocycles. The van der Waals surface area contributed by atoms with Gasteiger partial charge in [0.1, 0.15) is 0 Å². The van der Waals surface area contributed by atoms with Gasteiger partial charge >= 0.3 is 0 Å². The number of nitrogens with zero attached hydrogens (tertiary/aromatic N) is 3. The second-order valence-electron chi connectivity index (χ2n) is 6.08. The van der Waals surface area contributed by atoms with Crippen LogP contribution in [0.3, 0.4) is 0 Å². The summed E-state index contributed by atoms with van der Waals surface area (Å²) in [5.41, 5.74) is 1.74. The van der Waals surface area contributed by atoms with E-state index in [1.807, 2.05) is 23.9 Å². The van der Waals surface area contributed by atoms with E-state index in [2.05, 4.69) is 15.2 Å².